The summed E-state index contributed by atoms with van der Waals surface area (Å²) >= 11 is 0. The number of furan rings is 1. The molecular weight excluding hydrogens is 284 g/mol. The van der Waals surface area contributed by atoms with Crippen LogP contribution in [0.25, 0.3) is 6.08 Å². The zero-order chi connectivity index (χ0) is 16.1. The van der Waals surface area contributed by atoms with E-state index in [4.69, 9.17) is 18.6 Å². The summed E-state index contributed by atoms with van der Waals surface area (Å²) in [6, 6.07) is 6.86. The molecule has 1 aromatic heterocycles. The van der Waals surface area contributed by atoms with E-state index >= 15 is 0 Å². The van der Waals surface area contributed by atoms with Crippen molar-refractivity contribution >= 4 is 11.9 Å². The highest BCUT2D eigenvalue weighted by Gasteiger charge is 2.15. The number of ketones is 1. The van der Waals surface area contributed by atoms with Gasteiger partial charge >= 0.3 is 0 Å². The van der Waals surface area contributed by atoms with Crippen molar-refractivity contribution in [1.82, 2.24) is 0 Å². The summed E-state index contributed by atoms with van der Waals surface area (Å²) < 4.78 is 21.1. The monoisotopic (exact) mass is 302 g/mol. The van der Waals surface area contributed by atoms with Crippen LogP contribution >= 0.6 is 0 Å². The lowest BCUT2D eigenvalue weighted by Crippen LogP contribution is -2.00. The van der Waals surface area contributed by atoms with Crippen LogP contribution in [0.4, 0.5) is 0 Å². The van der Waals surface area contributed by atoms with Gasteiger partial charge in [0.2, 0.25) is 5.75 Å². The Kier molecular flexibility index (Phi) is 4.88. The molecule has 0 aliphatic carbocycles. The van der Waals surface area contributed by atoms with E-state index in [1.54, 1.807) is 24.3 Å². The summed E-state index contributed by atoms with van der Waals surface area (Å²) in [5, 5.41) is 0. The van der Waals surface area contributed by atoms with Crippen molar-refractivity contribution in [1.29, 1.82) is 0 Å². The minimum absolute atomic E-state index is 0.187. The quantitative estimate of drug-likeness (QED) is 0.603. The molecule has 0 fully saturated rings. The van der Waals surface area contributed by atoms with Crippen molar-refractivity contribution in [2.45, 2.75) is 6.92 Å². The Balaban J connectivity index is 2.31. The van der Waals surface area contributed by atoms with E-state index in [9.17, 15) is 4.79 Å². The van der Waals surface area contributed by atoms with Crippen LogP contribution in [0.15, 0.2) is 34.8 Å². The number of carbonyl (C=O) groups excluding carboxylic acids is 1. The second kappa shape index (κ2) is 6.85. The summed E-state index contributed by atoms with van der Waals surface area (Å²) in [5.74, 6) is 2.55. The van der Waals surface area contributed by atoms with E-state index < -0.39 is 0 Å². The molecule has 0 bridgehead atoms. The fraction of sp³-hybridized carbons (Fsp3) is 0.235. The minimum atomic E-state index is -0.187. The molecule has 0 spiro atoms. The highest BCUT2D eigenvalue weighted by Crippen LogP contribution is 2.38. The van der Waals surface area contributed by atoms with Crippen molar-refractivity contribution in [2.24, 2.45) is 0 Å². The number of aryl methyl sites for hydroxylation is 1. The smallest absolute Gasteiger partial charge is 0.203 e. The maximum Gasteiger partial charge on any atom is 0.203 e. The molecule has 0 atom stereocenters. The minimum Gasteiger partial charge on any atom is -0.493 e. The fourth-order valence-corrected chi connectivity index (χ4v) is 2.02. The highest BCUT2D eigenvalue weighted by atomic mass is 16.5. The van der Waals surface area contributed by atoms with Crippen molar-refractivity contribution < 1.29 is 23.4 Å². The van der Waals surface area contributed by atoms with Gasteiger partial charge in [0.15, 0.2) is 17.3 Å². The van der Waals surface area contributed by atoms with Crippen LogP contribution in [-0.4, -0.2) is 27.1 Å². The average molecular weight is 302 g/mol. The highest BCUT2D eigenvalue weighted by molar-refractivity contribution is 6.07. The molecule has 1 heterocycles. The van der Waals surface area contributed by atoms with Crippen LogP contribution in [0.2, 0.25) is 0 Å². The lowest BCUT2D eigenvalue weighted by Gasteiger charge is -2.13. The van der Waals surface area contributed by atoms with Gasteiger partial charge < -0.3 is 18.6 Å². The maximum atomic E-state index is 12.3. The Morgan fingerprint density at radius 1 is 1.05 bits per heavy atom. The number of hydrogen-bond donors (Lipinski definition) is 0. The molecule has 22 heavy (non-hydrogen) atoms. The summed E-state index contributed by atoms with van der Waals surface area (Å²) in [6.45, 7) is 1.85. The molecule has 1 aromatic carbocycles. The maximum absolute atomic E-state index is 12.3. The molecular formula is C17H18O5. The first-order valence-corrected chi connectivity index (χ1v) is 6.68. The molecule has 2 aromatic rings. The fourth-order valence-electron chi connectivity index (χ4n) is 2.02. The summed E-state index contributed by atoms with van der Waals surface area (Å²) in [7, 11) is 4.53. The van der Waals surface area contributed by atoms with E-state index in [0.29, 0.717) is 28.6 Å². The average Bonchev–Trinajstić information content (AvgIpc) is 2.96. The molecule has 0 saturated carbocycles. The van der Waals surface area contributed by atoms with Gasteiger partial charge in [-0.3, -0.25) is 4.79 Å². The Labute approximate surface area is 129 Å². The molecule has 0 saturated heterocycles. The van der Waals surface area contributed by atoms with Gasteiger partial charge in [0, 0.05) is 5.56 Å². The molecule has 0 aliphatic heterocycles. The number of benzene rings is 1. The van der Waals surface area contributed by atoms with Crippen LogP contribution in [0.1, 0.15) is 21.9 Å². The van der Waals surface area contributed by atoms with E-state index in [0.717, 1.165) is 5.76 Å². The predicted molar refractivity (Wildman–Crippen MR) is 82.9 cm³/mol. The Hall–Kier alpha value is -2.69. The van der Waals surface area contributed by atoms with Gasteiger partial charge in [-0.25, -0.2) is 0 Å². The molecule has 5 nitrogen and oxygen atoms in total. The predicted octanol–water partition coefficient (Wildman–Crippen LogP) is 3.51. The third kappa shape index (κ3) is 3.31. The molecule has 0 N–H and O–H groups in total. The van der Waals surface area contributed by atoms with Crippen LogP contribution in [0.5, 0.6) is 17.2 Å². The van der Waals surface area contributed by atoms with Gasteiger partial charge in [-0.05, 0) is 43.3 Å². The van der Waals surface area contributed by atoms with Crippen LogP contribution in [0.3, 0.4) is 0 Å². The third-order valence-corrected chi connectivity index (χ3v) is 3.11. The van der Waals surface area contributed by atoms with Crippen LogP contribution < -0.4 is 14.2 Å². The zero-order valence-electron chi connectivity index (χ0n) is 13.0. The first-order chi connectivity index (χ1) is 10.6. The Morgan fingerprint density at radius 3 is 2.14 bits per heavy atom. The lowest BCUT2D eigenvalue weighted by atomic mass is 10.1. The Morgan fingerprint density at radius 2 is 1.68 bits per heavy atom. The number of carbonyl (C=O) groups is 1. The number of methoxy groups -OCH3 is 3. The van der Waals surface area contributed by atoms with E-state index in [1.165, 1.54) is 27.4 Å². The van der Waals surface area contributed by atoms with Crippen molar-refractivity contribution in [3.8, 4) is 17.2 Å². The van der Waals surface area contributed by atoms with Gasteiger partial charge in [0.1, 0.15) is 11.5 Å². The molecule has 0 radical (unpaired) electrons. The zero-order valence-corrected chi connectivity index (χ0v) is 13.0. The summed E-state index contributed by atoms with van der Waals surface area (Å²) in [6.07, 6.45) is 3.07. The number of hydrogen-bond acceptors (Lipinski definition) is 5. The molecule has 2 rings (SSSR count). The second-order valence-electron chi connectivity index (χ2n) is 4.56. The standard InChI is InChI=1S/C17H18O5/c1-11-5-6-13(22-11)7-8-14(18)12-9-15(19-2)17(21-4)16(10-12)20-3/h5-10H,1-4H3/b8-7+. The summed E-state index contributed by atoms with van der Waals surface area (Å²) in [5.41, 5.74) is 0.439. The van der Waals surface area contributed by atoms with Crippen molar-refractivity contribution in [3.05, 3.63) is 47.4 Å². The number of ether oxygens (including phenoxy) is 3. The Bertz CT molecular complexity index is 672. The lowest BCUT2D eigenvalue weighted by molar-refractivity contribution is 0.104. The normalized spacial score (nSPS) is 10.7. The summed E-state index contributed by atoms with van der Waals surface area (Å²) in [4.78, 5) is 12.3. The third-order valence-electron chi connectivity index (χ3n) is 3.11. The SMILES string of the molecule is COc1cc(C(=O)/C=C/c2ccc(C)o2)cc(OC)c1OC. The topological polar surface area (TPSA) is 57.9 Å². The molecule has 0 aliphatic rings. The van der Waals surface area contributed by atoms with Crippen LogP contribution in [0, 0.1) is 6.92 Å². The van der Waals surface area contributed by atoms with Gasteiger partial charge in [-0.2, -0.15) is 0 Å². The largest absolute Gasteiger partial charge is 0.493 e. The molecule has 5 heteroatoms. The van der Waals surface area contributed by atoms with Gasteiger partial charge in [0.05, 0.1) is 21.3 Å². The first kappa shape index (κ1) is 15.7. The van der Waals surface area contributed by atoms with Crippen molar-refractivity contribution in [3.63, 3.8) is 0 Å². The number of rotatable bonds is 6. The molecule has 0 unspecified atom stereocenters. The number of allylic oxidation sites excluding steroid dienone is 1. The first-order valence-electron chi connectivity index (χ1n) is 6.68. The molecule has 116 valence electrons. The van der Waals surface area contributed by atoms with Crippen LogP contribution in [-0.2, 0) is 0 Å². The van der Waals surface area contributed by atoms with E-state index in [1.807, 2.05) is 13.0 Å². The van der Waals surface area contributed by atoms with Crippen molar-refractivity contribution in [2.75, 3.05) is 21.3 Å². The van der Waals surface area contributed by atoms with E-state index in [2.05, 4.69) is 0 Å². The second-order valence-corrected chi connectivity index (χ2v) is 4.56. The van der Waals surface area contributed by atoms with E-state index in [-0.39, 0.29) is 5.78 Å². The van der Waals surface area contributed by atoms with Gasteiger partial charge in [-0.1, -0.05) is 0 Å². The van der Waals surface area contributed by atoms with Gasteiger partial charge in [0.25, 0.3) is 0 Å². The van der Waals surface area contributed by atoms with Gasteiger partial charge in [-0.15, -0.1) is 0 Å². The molecule has 0 amide bonds.